The quantitative estimate of drug-likeness (QED) is 0.619. The van der Waals surface area contributed by atoms with Gasteiger partial charge in [-0.05, 0) is 66.9 Å². The van der Waals surface area contributed by atoms with Crippen molar-refractivity contribution in [2.24, 2.45) is 9.98 Å². The summed E-state index contributed by atoms with van der Waals surface area (Å²) in [5.41, 5.74) is 4.48. The van der Waals surface area contributed by atoms with E-state index in [1.807, 2.05) is 48.5 Å². The van der Waals surface area contributed by atoms with E-state index in [9.17, 15) is 9.59 Å². The molecule has 2 N–H and O–H groups in total. The summed E-state index contributed by atoms with van der Waals surface area (Å²) in [5, 5.41) is 7.56. The van der Waals surface area contributed by atoms with Gasteiger partial charge in [0.05, 0.1) is 29.2 Å². The number of hydrogen-bond donors (Lipinski definition) is 2. The highest BCUT2D eigenvalue weighted by Crippen LogP contribution is 2.57. The van der Waals surface area contributed by atoms with Crippen molar-refractivity contribution < 1.29 is 14.3 Å². The zero-order valence-electron chi connectivity index (χ0n) is 18.8. The SMILES string of the molecule is CNC(=O)c1ccc2c(c1)NC(C1(c3ccc(OC)cc3)CC1)N2c1ccc2c(c1)=NC(=O)N=2. The van der Waals surface area contributed by atoms with Crippen LogP contribution in [0.1, 0.15) is 28.8 Å². The Labute approximate surface area is 196 Å². The predicted molar refractivity (Wildman–Crippen MR) is 127 cm³/mol. The normalized spacial score (nSPS) is 18.8. The Morgan fingerprint density at radius 1 is 1.06 bits per heavy atom. The maximum absolute atomic E-state index is 12.3. The number of carbonyl (C=O) groups is 2. The summed E-state index contributed by atoms with van der Waals surface area (Å²) in [6.07, 6.45) is 1.96. The Bertz CT molecular complexity index is 1460. The predicted octanol–water partition coefficient (Wildman–Crippen LogP) is 3.05. The summed E-state index contributed by atoms with van der Waals surface area (Å²) in [6.45, 7) is 0. The highest BCUT2D eigenvalue weighted by molar-refractivity contribution is 5.97. The molecule has 1 atom stereocenters. The van der Waals surface area contributed by atoms with E-state index in [0.29, 0.717) is 16.3 Å². The lowest BCUT2D eigenvalue weighted by Crippen LogP contribution is -2.43. The van der Waals surface area contributed by atoms with E-state index >= 15 is 0 Å². The molecule has 8 nitrogen and oxygen atoms in total. The number of urea groups is 1. The van der Waals surface area contributed by atoms with E-state index in [0.717, 1.165) is 35.7 Å². The first-order chi connectivity index (χ1) is 16.5. The molecular formula is C26H23N5O3. The molecule has 2 aliphatic heterocycles. The molecule has 3 aromatic carbocycles. The van der Waals surface area contributed by atoms with E-state index in [1.165, 1.54) is 5.56 Å². The van der Waals surface area contributed by atoms with Gasteiger partial charge in [-0.2, -0.15) is 9.98 Å². The van der Waals surface area contributed by atoms with Gasteiger partial charge in [-0.15, -0.1) is 0 Å². The van der Waals surface area contributed by atoms with Crippen LogP contribution in [0.3, 0.4) is 0 Å². The lowest BCUT2D eigenvalue weighted by molar-refractivity contribution is 0.0963. The number of rotatable bonds is 5. The molecule has 1 fully saturated rings. The van der Waals surface area contributed by atoms with Crippen LogP contribution in [0, 0.1) is 0 Å². The molecule has 1 unspecified atom stereocenters. The van der Waals surface area contributed by atoms with Crippen LogP contribution in [0.4, 0.5) is 21.9 Å². The Balaban J connectivity index is 1.48. The first-order valence-electron chi connectivity index (χ1n) is 11.2. The second-order valence-electron chi connectivity index (χ2n) is 8.79. The fourth-order valence-corrected chi connectivity index (χ4v) is 5.03. The maximum Gasteiger partial charge on any atom is 0.368 e. The van der Waals surface area contributed by atoms with E-state index < -0.39 is 6.03 Å². The van der Waals surface area contributed by atoms with Crippen molar-refractivity contribution in [2.75, 3.05) is 24.4 Å². The zero-order valence-corrected chi connectivity index (χ0v) is 18.8. The molecule has 1 aliphatic carbocycles. The number of hydrogen-bond acceptors (Lipinski definition) is 5. The van der Waals surface area contributed by atoms with E-state index in [2.05, 4.69) is 37.7 Å². The van der Waals surface area contributed by atoms with Crippen molar-refractivity contribution >= 4 is 29.0 Å². The number of nitrogens with one attached hydrogen (secondary N) is 2. The summed E-state index contributed by atoms with van der Waals surface area (Å²) in [4.78, 5) is 34.3. The van der Waals surface area contributed by atoms with E-state index in [-0.39, 0.29) is 17.5 Å². The molecule has 3 aliphatic rings. The largest absolute Gasteiger partial charge is 0.497 e. The number of nitrogens with zero attached hydrogens (tertiary/aromatic N) is 3. The van der Waals surface area contributed by atoms with Crippen LogP contribution in [-0.4, -0.2) is 32.3 Å². The molecule has 0 bridgehead atoms. The first kappa shape index (κ1) is 20.4. The lowest BCUT2D eigenvalue weighted by Gasteiger charge is -2.34. The van der Waals surface area contributed by atoms with Crippen LogP contribution >= 0.6 is 0 Å². The highest BCUT2D eigenvalue weighted by atomic mass is 16.5. The summed E-state index contributed by atoms with van der Waals surface area (Å²) in [6, 6.07) is 19.2. The van der Waals surface area contributed by atoms with Crippen molar-refractivity contribution in [2.45, 2.75) is 24.4 Å². The number of methoxy groups -OCH3 is 1. The smallest absolute Gasteiger partial charge is 0.368 e. The second-order valence-corrected chi connectivity index (χ2v) is 8.79. The van der Waals surface area contributed by atoms with Gasteiger partial charge in [0.2, 0.25) is 0 Å². The van der Waals surface area contributed by atoms with Crippen molar-refractivity contribution in [3.05, 3.63) is 82.5 Å². The van der Waals surface area contributed by atoms with Crippen LogP contribution in [0.2, 0.25) is 0 Å². The number of amides is 3. The van der Waals surface area contributed by atoms with Gasteiger partial charge in [0.25, 0.3) is 5.91 Å². The van der Waals surface area contributed by atoms with E-state index in [4.69, 9.17) is 4.74 Å². The third kappa shape index (κ3) is 3.06. The maximum atomic E-state index is 12.3. The summed E-state index contributed by atoms with van der Waals surface area (Å²) >= 11 is 0. The molecule has 3 aromatic rings. The van der Waals surface area contributed by atoms with Gasteiger partial charge >= 0.3 is 6.03 Å². The Morgan fingerprint density at radius 2 is 1.82 bits per heavy atom. The van der Waals surface area contributed by atoms with Crippen molar-refractivity contribution in [1.82, 2.24) is 5.32 Å². The monoisotopic (exact) mass is 453 g/mol. The minimum Gasteiger partial charge on any atom is -0.497 e. The zero-order chi connectivity index (χ0) is 23.4. The Morgan fingerprint density at radius 3 is 2.53 bits per heavy atom. The topological polar surface area (TPSA) is 95.4 Å². The summed E-state index contributed by atoms with van der Waals surface area (Å²) in [7, 11) is 3.29. The third-order valence-electron chi connectivity index (χ3n) is 6.94. The lowest BCUT2D eigenvalue weighted by atomic mass is 9.91. The van der Waals surface area contributed by atoms with Crippen LogP contribution in [0.5, 0.6) is 5.75 Å². The fraction of sp³-hybridized carbons (Fsp3) is 0.231. The number of ether oxygens (including phenoxy) is 1. The minimum atomic E-state index is -0.476. The van der Waals surface area contributed by atoms with Crippen molar-refractivity contribution in [3.63, 3.8) is 0 Å². The molecule has 0 saturated heterocycles. The van der Waals surface area contributed by atoms with Gasteiger partial charge in [-0.3, -0.25) is 4.79 Å². The van der Waals surface area contributed by atoms with Gasteiger partial charge in [-0.1, -0.05) is 12.1 Å². The minimum absolute atomic E-state index is 0.0806. The van der Waals surface area contributed by atoms with Crippen LogP contribution in [-0.2, 0) is 5.41 Å². The van der Waals surface area contributed by atoms with Crippen LogP contribution < -0.4 is 31.0 Å². The molecule has 1 saturated carbocycles. The van der Waals surface area contributed by atoms with Crippen LogP contribution in [0.25, 0.3) is 0 Å². The molecule has 6 rings (SSSR count). The average molecular weight is 454 g/mol. The second kappa shape index (κ2) is 7.41. The highest BCUT2D eigenvalue weighted by Gasteiger charge is 2.55. The van der Waals surface area contributed by atoms with Crippen molar-refractivity contribution in [3.8, 4) is 5.75 Å². The van der Waals surface area contributed by atoms with Gasteiger partial charge < -0.3 is 20.3 Å². The molecule has 0 aromatic heterocycles. The van der Waals surface area contributed by atoms with Gasteiger partial charge in [0.1, 0.15) is 11.9 Å². The van der Waals surface area contributed by atoms with Gasteiger partial charge in [-0.25, -0.2) is 4.79 Å². The Kier molecular flexibility index (Phi) is 4.45. The van der Waals surface area contributed by atoms with Crippen molar-refractivity contribution in [1.29, 1.82) is 0 Å². The molecule has 34 heavy (non-hydrogen) atoms. The number of anilines is 3. The van der Waals surface area contributed by atoms with Gasteiger partial charge in [0, 0.05) is 23.7 Å². The van der Waals surface area contributed by atoms with E-state index in [1.54, 1.807) is 14.2 Å². The number of benzene rings is 3. The van der Waals surface area contributed by atoms with Crippen LogP contribution in [0.15, 0.2) is 70.6 Å². The standard InChI is InChI=1S/C26H23N5O3/c1-27-23(32)15-3-10-22-21(13-15)28-24(26(11-12-26)16-4-7-18(34-2)8-5-16)31(22)17-6-9-19-20(14-17)30-25(33)29-19/h3-10,13-14,24,28H,11-12H2,1-2H3,(H,27,32). The number of fused-ring (bicyclic) bond motifs is 2. The molecule has 2 heterocycles. The molecule has 170 valence electrons. The molecule has 8 heteroatoms. The third-order valence-corrected chi connectivity index (χ3v) is 6.94. The molecule has 0 radical (unpaired) electrons. The summed E-state index contributed by atoms with van der Waals surface area (Å²) < 4.78 is 5.36. The van der Waals surface area contributed by atoms with Gasteiger partial charge in [0.15, 0.2) is 0 Å². The average Bonchev–Trinajstić information content (AvgIpc) is 3.45. The number of carbonyl (C=O) groups excluding carboxylic acids is 2. The molecule has 0 spiro atoms. The Hall–Kier alpha value is -4.20. The first-order valence-corrected chi connectivity index (χ1v) is 11.2. The molecular weight excluding hydrogens is 430 g/mol. The molecule has 3 amide bonds. The fourth-order valence-electron chi connectivity index (χ4n) is 5.03. The summed E-state index contributed by atoms with van der Waals surface area (Å²) in [5.74, 6) is 0.690.